The molecule has 1 N–H and O–H groups in total. The van der Waals surface area contributed by atoms with Crippen molar-refractivity contribution in [3.8, 4) is 0 Å². The first kappa shape index (κ1) is 20.4. The molecule has 0 bridgehead atoms. The summed E-state index contributed by atoms with van der Waals surface area (Å²) in [7, 11) is 0. The molecule has 1 unspecified atom stereocenters. The van der Waals surface area contributed by atoms with E-state index in [1.54, 1.807) is 11.8 Å². The van der Waals surface area contributed by atoms with Crippen molar-refractivity contribution in [2.24, 2.45) is 5.92 Å². The van der Waals surface area contributed by atoms with E-state index >= 15 is 0 Å². The molecule has 7 heteroatoms. The quantitative estimate of drug-likeness (QED) is 0.607. The summed E-state index contributed by atoms with van der Waals surface area (Å²) in [6.45, 7) is 7.44. The van der Waals surface area contributed by atoms with Crippen LogP contribution in [-0.2, 0) is 4.74 Å². The molecule has 4 aliphatic rings. The maximum Gasteiger partial charge on any atom is 0.426 e. The van der Waals surface area contributed by atoms with Gasteiger partial charge in [0.15, 0.2) is 0 Å². The van der Waals surface area contributed by atoms with E-state index < -0.39 is 6.09 Å². The van der Waals surface area contributed by atoms with E-state index in [2.05, 4.69) is 34.7 Å². The summed E-state index contributed by atoms with van der Waals surface area (Å²) in [5, 5.41) is 14.0. The van der Waals surface area contributed by atoms with Crippen LogP contribution in [0, 0.1) is 5.92 Å². The SMILES string of the molecule is C/C1=C/OC=C2/C(=C3/CCCC4=C3N(CC4)CC1C)CN(C(=O)O)N2CCCBr. The van der Waals surface area contributed by atoms with E-state index in [1.807, 2.05) is 11.3 Å². The molecule has 0 aromatic heterocycles. The van der Waals surface area contributed by atoms with E-state index in [0.29, 0.717) is 19.0 Å². The summed E-state index contributed by atoms with van der Waals surface area (Å²) >= 11 is 3.48. The van der Waals surface area contributed by atoms with E-state index in [4.69, 9.17) is 4.74 Å². The Labute approximate surface area is 181 Å². The van der Waals surface area contributed by atoms with Crippen LogP contribution < -0.4 is 0 Å². The van der Waals surface area contributed by atoms with Gasteiger partial charge in [-0.3, -0.25) is 5.01 Å². The van der Waals surface area contributed by atoms with Crippen molar-refractivity contribution < 1.29 is 14.6 Å². The van der Waals surface area contributed by atoms with Crippen molar-refractivity contribution in [1.29, 1.82) is 0 Å². The Hall–Kier alpha value is -1.89. The lowest BCUT2D eigenvalue weighted by Crippen LogP contribution is -2.40. The van der Waals surface area contributed by atoms with Gasteiger partial charge in [-0.1, -0.05) is 22.9 Å². The van der Waals surface area contributed by atoms with Crippen molar-refractivity contribution in [3.63, 3.8) is 0 Å². The highest BCUT2D eigenvalue weighted by atomic mass is 79.9. The van der Waals surface area contributed by atoms with Gasteiger partial charge in [-0.2, -0.15) is 0 Å². The molecule has 6 nitrogen and oxygen atoms in total. The van der Waals surface area contributed by atoms with Crippen LogP contribution in [-0.4, -0.2) is 57.6 Å². The van der Waals surface area contributed by atoms with Crippen molar-refractivity contribution in [2.45, 2.75) is 46.0 Å². The predicted molar refractivity (Wildman–Crippen MR) is 116 cm³/mol. The van der Waals surface area contributed by atoms with Crippen LogP contribution in [0.25, 0.3) is 0 Å². The Kier molecular flexibility index (Phi) is 5.95. The zero-order valence-corrected chi connectivity index (χ0v) is 18.9. The molecule has 1 amide bonds. The highest BCUT2D eigenvalue weighted by Gasteiger charge is 2.39. The van der Waals surface area contributed by atoms with Crippen LogP contribution in [0.4, 0.5) is 4.79 Å². The first-order valence-corrected chi connectivity index (χ1v) is 11.7. The Morgan fingerprint density at radius 1 is 1.28 bits per heavy atom. The molecule has 0 spiro atoms. The van der Waals surface area contributed by atoms with Crippen LogP contribution >= 0.6 is 15.9 Å². The van der Waals surface area contributed by atoms with Gasteiger partial charge < -0.3 is 14.7 Å². The third-order valence-electron chi connectivity index (χ3n) is 6.51. The van der Waals surface area contributed by atoms with Gasteiger partial charge in [-0.15, -0.1) is 0 Å². The van der Waals surface area contributed by atoms with Gasteiger partial charge in [0.05, 0.1) is 18.5 Å². The van der Waals surface area contributed by atoms with E-state index in [-0.39, 0.29) is 0 Å². The smallest absolute Gasteiger partial charge is 0.426 e. The van der Waals surface area contributed by atoms with E-state index in [9.17, 15) is 9.90 Å². The fourth-order valence-corrected chi connectivity index (χ4v) is 5.10. The first-order valence-electron chi connectivity index (χ1n) is 10.6. The maximum absolute atomic E-state index is 12.0. The molecule has 3 aliphatic heterocycles. The number of carboxylic acid groups (broad SMARTS) is 1. The van der Waals surface area contributed by atoms with Gasteiger partial charge in [0, 0.05) is 36.2 Å². The largest absolute Gasteiger partial charge is 0.470 e. The van der Waals surface area contributed by atoms with Gasteiger partial charge in [0.1, 0.15) is 6.26 Å². The maximum atomic E-state index is 12.0. The number of hydrogen-bond acceptors (Lipinski definition) is 4. The van der Waals surface area contributed by atoms with Gasteiger partial charge in [0.2, 0.25) is 0 Å². The van der Waals surface area contributed by atoms with Gasteiger partial charge >= 0.3 is 6.09 Å². The number of nitrogens with zero attached hydrogens (tertiary/aromatic N) is 3. The number of hydrogen-bond donors (Lipinski definition) is 1. The second kappa shape index (κ2) is 8.46. The summed E-state index contributed by atoms with van der Waals surface area (Å²) in [4.78, 5) is 14.6. The van der Waals surface area contributed by atoms with Gasteiger partial charge in [-0.05, 0) is 61.7 Å². The Morgan fingerprint density at radius 2 is 2.10 bits per heavy atom. The molecule has 4 rings (SSSR count). The molecule has 1 fully saturated rings. The van der Waals surface area contributed by atoms with E-state index in [0.717, 1.165) is 61.8 Å². The Balaban J connectivity index is 1.85. The normalized spacial score (nSPS) is 28.9. The summed E-state index contributed by atoms with van der Waals surface area (Å²) in [5.41, 5.74) is 7.48. The minimum Gasteiger partial charge on any atom is -0.470 e. The minimum absolute atomic E-state index is 0.394. The second-order valence-corrected chi connectivity index (χ2v) is 9.16. The Morgan fingerprint density at radius 3 is 2.86 bits per heavy atom. The molecule has 1 atom stereocenters. The number of rotatable bonds is 3. The lowest BCUT2D eigenvalue weighted by atomic mass is 9.88. The van der Waals surface area contributed by atoms with Crippen LogP contribution in [0.1, 0.15) is 46.0 Å². The number of alkyl halides is 1. The predicted octanol–water partition coefficient (Wildman–Crippen LogP) is 4.83. The number of ether oxygens (including phenoxy) is 1. The molecule has 1 aliphatic carbocycles. The highest BCUT2D eigenvalue weighted by Crippen LogP contribution is 2.44. The molecule has 1 saturated heterocycles. The fraction of sp³-hybridized carbons (Fsp3) is 0.591. The van der Waals surface area contributed by atoms with Gasteiger partial charge in [-0.25, -0.2) is 9.80 Å². The van der Waals surface area contributed by atoms with Crippen LogP contribution in [0.2, 0.25) is 0 Å². The Bertz CT molecular complexity index is 814. The third-order valence-corrected chi connectivity index (χ3v) is 7.07. The van der Waals surface area contributed by atoms with Crippen LogP contribution in [0.5, 0.6) is 0 Å². The molecule has 0 aromatic rings. The van der Waals surface area contributed by atoms with Crippen molar-refractivity contribution in [3.05, 3.63) is 46.2 Å². The molecule has 3 heterocycles. The standard InChI is InChI=1S/C22H30BrN3O3/c1-15-11-24-10-7-17-5-3-6-18(21(17)24)19-12-26(22(27)28)25(9-4-8-23)20(19)14-29-13-16(15)2/h13-15H,3-12H2,1-2H3,(H,27,28)/b16-13-,19-18-,20-14?. The molecule has 0 aromatic carbocycles. The number of allylic oxidation sites excluding steroid dienone is 1. The lowest BCUT2D eigenvalue weighted by Gasteiger charge is -2.30. The third kappa shape index (κ3) is 3.81. The average Bonchev–Trinajstić information content (AvgIpc) is 3.27. The van der Waals surface area contributed by atoms with E-state index in [1.165, 1.54) is 21.9 Å². The number of halogens is 1. The number of amides is 1. The monoisotopic (exact) mass is 463 g/mol. The summed E-state index contributed by atoms with van der Waals surface area (Å²) < 4.78 is 5.89. The zero-order valence-electron chi connectivity index (χ0n) is 17.3. The molecular formula is C22H30BrN3O3. The zero-order chi connectivity index (χ0) is 20.5. The molecular weight excluding hydrogens is 434 g/mol. The topological polar surface area (TPSA) is 56.3 Å². The van der Waals surface area contributed by atoms with Crippen molar-refractivity contribution in [1.82, 2.24) is 14.9 Å². The minimum atomic E-state index is -0.915. The summed E-state index contributed by atoms with van der Waals surface area (Å²) in [6.07, 6.45) is 7.97. The summed E-state index contributed by atoms with van der Waals surface area (Å²) in [6, 6.07) is 0. The van der Waals surface area contributed by atoms with Crippen LogP contribution in [0.15, 0.2) is 46.2 Å². The summed E-state index contributed by atoms with van der Waals surface area (Å²) in [5.74, 6) is 0.409. The average molecular weight is 464 g/mol. The first-order chi connectivity index (χ1) is 14.0. The molecule has 158 valence electrons. The van der Waals surface area contributed by atoms with Crippen LogP contribution in [0.3, 0.4) is 0 Å². The molecule has 0 saturated carbocycles. The highest BCUT2D eigenvalue weighted by molar-refractivity contribution is 9.09. The van der Waals surface area contributed by atoms with Crippen molar-refractivity contribution in [2.75, 3.05) is 31.5 Å². The molecule has 29 heavy (non-hydrogen) atoms. The second-order valence-electron chi connectivity index (χ2n) is 8.37. The van der Waals surface area contributed by atoms with Crippen molar-refractivity contribution >= 4 is 22.0 Å². The number of fused-ring (bicyclic) bond motifs is 1. The number of carbonyl (C=O) groups is 1. The fourth-order valence-electron chi connectivity index (χ4n) is 4.85. The number of hydrazine groups is 1. The van der Waals surface area contributed by atoms with Gasteiger partial charge in [0.25, 0.3) is 0 Å². The molecule has 0 radical (unpaired) electrons. The lowest BCUT2D eigenvalue weighted by molar-refractivity contribution is 0.0481.